The SMILES string of the molecule is NCCCOC(=O)NCc1ccccc1. The first-order chi connectivity index (χ1) is 7.33. The summed E-state index contributed by atoms with van der Waals surface area (Å²) < 4.78 is 4.87. The molecule has 0 aliphatic heterocycles. The number of nitrogens with two attached hydrogens (primary N) is 1. The topological polar surface area (TPSA) is 64.3 Å². The van der Waals surface area contributed by atoms with Crippen LogP contribution in [0.4, 0.5) is 4.79 Å². The molecule has 3 N–H and O–H groups in total. The van der Waals surface area contributed by atoms with E-state index < -0.39 is 6.09 Å². The van der Waals surface area contributed by atoms with Gasteiger partial charge in [0.05, 0.1) is 6.61 Å². The summed E-state index contributed by atoms with van der Waals surface area (Å²) in [4.78, 5) is 11.1. The molecule has 0 radical (unpaired) electrons. The highest BCUT2D eigenvalue weighted by Crippen LogP contribution is 1.97. The van der Waals surface area contributed by atoms with Crippen molar-refractivity contribution in [1.29, 1.82) is 0 Å². The van der Waals surface area contributed by atoms with Gasteiger partial charge in [0.15, 0.2) is 0 Å². The Bertz CT molecular complexity index is 288. The number of amides is 1. The molecule has 4 nitrogen and oxygen atoms in total. The first-order valence-electron chi connectivity index (χ1n) is 4.97. The maximum atomic E-state index is 11.1. The molecule has 4 heteroatoms. The second-order valence-corrected chi connectivity index (χ2v) is 3.12. The predicted octanol–water partition coefficient (Wildman–Crippen LogP) is 1.26. The Labute approximate surface area is 89.4 Å². The minimum Gasteiger partial charge on any atom is -0.450 e. The Morgan fingerprint density at radius 1 is 1.33 bits per heavy atom. The van der Waals surface area contributed by atoms with E-state index in [9.17, 15) is 4.79 Å². The van der Waals surface area contributed by atoms with Crippen LogP contribution in [0.25, 0.3) is 0 Å². The van der Waals surface area contributed by atoms with E-state index in [4.69, 9.17) is 10.5 Å². The van der Waals surface area contributed by atoms with Crippen molar-refractivity contribution in [2.24, 2.45) is 5.73 Å². The van der Waals surface area contributed by atoms with Crippen LogP contribution in [0.1, 0.15) is 12.0 Å². The average molecular weight is 208 g/mol. The molecule has 82 valence electrons. The fourth-order valence-electron chi connectivity index (χ4n) is 1.07. The van der Waals surface area contributed by atoms with Crippen molar-refractivity contribution in [1.82, 2.24) is 5.32 Å². The van der Waals surface area contributed by atoms with Gasteiger partial charge in [-0.1, -0.05) is 30.3 Å². The van der Waals surface area contributed by atoms with Gasteiger partial charge in [-0.3, -0.25) is 0 Å². The van der Waals surface area contributed by atoms with Crippen LogP contribution in [0.5, 0.6) is 0 Å². The minimum absolute atomic E-state index is 0.372. The molecule has 1 aromatic carbocycles. The van der Waals surface area contributed by atoms with Crippen molar-refractivity contribution in [3.63, 3.8) is 0 Å². The van der Waals surface area contributed by atoms with Gasteiger partial charge in [0, 0.05) is 6.54 Å². The van der Waals surface area contributed by atoms with E-state index in [-0.39, 0.29) is 0 Å². The molecule has 0 atom stereocenters. The molecule has 0 unspecified atom stereocenters. The highest BCUT2D eigenvalue weighted by atomic mass is 16.5. The molecule has 0 bridgehead atoms. The molecule has 1 rings (SSSR count). The summed E-state index contributed by atoms with van der Waals surface area (Å²) in [5.74, 6) is 0. The monoisotopic (exact) mass is 208 g/mol. The third-order valence-corrected chi connectivity index (χ3v) is 1.86. The zero-order valence-electron chi connectivity index (χ0n) is 8.61. The zero-order valence-corrected chi connectivity index (χ0v) is 8.61. The maximum Gasteiger partial charge on any atom is 0.407 e. The summed E-state index contributed by atoms with van der Waals surface area (Å²) >= 11 is 0. The van der Waals surface area contributed by atoms with Gasteiger partial charge in [0.2, 0.25) is 0 Å². The number of rotatable bonds is 5. The number of alkyl carbamates (subject to hydrolysis) is 1. The Kier molecular flexibility index (Phi) is 5.25. The number of hydrogen-bond donors (Lipinski definition) is 2. The van der Waals surface area contributed by atoms with Crippen LogP contribution in [0.2, 0.25) is 0 Å². The highest BCUT2D eigenvalue weighted by molar-refractivity contribution is 5.67. The normalized spacial score (nSPS) is 9.67. The van der Waals surface area contributed by atoms with Gasteiger partial charge in [-0.2, -0.15) is 0 Å². The maximum absolute atomic E-state index is 11.1. The number of carbonyl (C=O) groups is 1. The quantitative estimate of drug-likeness (QED) is 0.716. The number of ether oxygens (including phenoxy) is 1. The molecule has 0 spiro atoms. The number of hydrogen-bond acceptors (Lipinski definition) is 3. The van der Waals surface area contributed by atoms with Crippen LogP contribution in [-0.4, -0.2) is 19.2 Å². The number of carbonyl (C=O) groups excluding carboxylic acids is 1. The summed E-state index contributed by atoms with van der Waals surface area (Å²) in [5.41, 5.74) is 6.32. The summed E-state index contributed by atoms with van der Waals surface area (Å²) in [6.07, 6.45) is 0.297. The van der Waals surface area contributed by atoms with Gasteiger partial charge in [-0.05, 0) is 18.5 Å². The highest BCUT2D eigenvalue weighted by Gasteiger charge is 2.00. The average Bonchev–Trinajstić information content (AvgIpc) is 2.28. The van der Waals surface area contributed by atoms with Crippen LogP contribution in [0, 0.1) is 0 Å². The third-order valence-electron chi connectivity index (χ3n) is 1.86. The molecule has 0 heterocycles. The smallest absolute Gasteiger partial charge is 0.407 e. The fourth-order valence-corrected chi connectivity index (χ4v) is 1.07. The third kappa shape index (κ3) is 5.02. The number of nitrogens with one attached hydrogen (secondary N) is 1. The van der Waals surface area contributed by atoms with Gasteiger partial charge < -0.3 is 15.8 Å². The lowest BCUT2D eigenvalue weighted by Crippen LogP contribution is -2.24. The molecule has 1 amide bonds. The van der Waals surface area contributed by atoms with Crippen LogP contribution in [-0.2, 0) is 11.3 Å². The lowest BCUT2D eigenvalue weighted by Gasteiger charge is -2.06. The lowest BCUT2D eigenvalue weighted by atomic mass is 10.2. The molecule has 0 aliphatic rings. The van der Waals surface area contributed by atoms with Crippen LogP contribution in [0.15, 0.2) is 30.3 Å². The first-order valence-corrected chi connectivity index (χ1v) is 4.97. The Balaban J connectivity index is 2.17. The zero-order chi connectivity index (χ0) is 10.9. The van der Waals surface area contributed by atoms with Crippen molar-refractivity contribution in [2.75, 3.05) is 13.2 Å². The summed E-state index contributed by atoms with van der Waals surface area (Å²) in [6.45, 7) is 1.39. The van der Waals surface area contributed by atoms with E-state index in [0.717, 1.165) is 5.56 Å². The lowest BCUT2D eigenvalue weighted by molar-refractivity contribution is 0.145. The first kappa shape index (κ1) is 11.5. The van der Waals surface area contributed by atoms with Gasteiger partial charge in [0.1, 0.15) is 0 Å². The van der Waals surface area contributed by atoms with Crippen LogP contribution < -0.4 is 11.1 Å². The summed E-state index contributed by atoms with van der Waals surface area (Å²) in [7, 11) is 0. The second-order valence-electron chi connectivity index (χ2n) is 3.12. The number of benzene rings is 1. The van der Waals surface area contributed by atoms with E-state index in [1.807, 2.05) is 30.3 Å². The van der Waals surface area contributed by atoms with E-state index in [0.29, 0.717) is 26.1 Å². The van der Waals surface area contributed by atoms with Crippen molar-refractivity contribution < 1.29 is 9.53 Å². The van der Waals surface area contributed by atoms with E-state index in [2.05, 4.69) is 5.32 Å². The van der Waals surface area contributed by atoms with Gasteiger partial charge in [0.25, 0.3) is 0 Å². The Hall–Kier alpha value is -1.55. The summed E-state index contributed by atoms with van der Waals surface area (Å²) in [6, 6.07) is 9.68. The minimum atomic E-state index is -0.396. The standard InChI is InChI=1S/C11H16N2O2/c12-7-4-8-15-11(14)13-9-10-5-2-1-3-6-10/h1-3,5-6H,4,7-9,12H2,(H,13,14). The van der Waals surface area contributed by atoms with Crippen LogP contribution >= 0.6 is 0 Å². The molecule has 0 saturated heterocycles. The molecule has 15 heavy (non-hydrogen) atoms. The molecule has 0 fully saturated rings. The van der Waals surface area contributed by atoms with Gasteiger partial charge in [-0.25, -0.2) is 4.79 Å². The second kappa shape index (κ2) is 6.84. The van der Waals surface area contributed by atoms with E-state index in [1.54, 1.807) is 0 Å². The van der Waals surface area contributed by atoms with E-state index in [1.165, 1.54) is 0 Å². The van der Waals surface area contributed by atoms with Crippen molar-refractivity contribution in [2.45, 2.75) is 13.0 Å². The van der Waals surface area contributed by atoms with Gasteiger partial charge in [-0.15, -0.1) is 0 Å². The predicted molar refractivity (Wildman–Crippen MR) is 58.3 cm³/mol. The van der Waals surface area contributed by atoms with Gasteiger partial charge >= 0.3 is 6.09 Å². The molecule has 0 saturated carbocycles. The van der Waals surface area contributed by atoms with Crippen molar-refractivity contribution in [3.05, 3.63) is 35.9 Å². The van der Waals surface area contributed by atoms with Crippen LogP contribution in [0.3, 0.4) is 0 Å². The fraction of sp³-hybridized carbons (Fsp3) is 0.364. The Morgan fingerprint density at radius 3 is 2.73 bits per heavy atom. The molecule has 1 aromatic rings. The molecule has 0 aliphatic carbocycles. The largest absolute Gasteiger partial charge is 0.450 e. The van der Waals surface area contributed by atoms with Crippen molar-refractivity contribution >= 4 is 6.09 Å². The van der Waals surface area contributed by atoms with Crippen molar-refractivity contribution in [3.8, 4) is 0 Å². The van der Waals surface area contributed by atoms with E-state index >= 15 is 0 Å². The summed E-state index contributed by atoms with van der Waals surface area (Å²) in [5, 5.41) is 2.66. The molecule has 0 aromatic heterocycles. The molecular weight excluding hydrogens is 192 g/mol. The Morgan fingerprint density at radius 2 is 2.07 bits per heavy atom. The molecular formula is C11H16N2O2.